The third-order valence-corrected chi connectivity index (χ3v) is 6.48. The third kappa shape index (κ3) is 4.77. The van der Waals surface area contributed by atoms with Crippen LogP contribution in [0.2, 0.25) is 0 Å². The van der Waals surface area contributed by atoms with Gasteiger partial charge in [0.05, 0.1) is 28.7 Å². The van der Waals surface area contributed by atoms with Gasteiger partial charge in [-0.1, -0.05) is 36.4 Å². The van der Waals surface area contributed by atoms with Gasteiger partial charge in [-0.2, -0.15) is 0 Å². The zero-order chi connectivity index (χ0) is 27.6. The van der Waals surface area contributed by atoms with Crippen molar-refractivity contribution in [3.63, 3.8) is 0 Å². The van der Waals surface area contributed by atoms with E-state index >= 15 is 0 Å². The van der Waals surface area contributed by atoms with Gasteiger partial charge in [-0.3, -0.25) is 24.6 Å². The SMILES string of the molecule is O=C1NC(=S)N(c2ccc(Oc3ccccc3)cc2)C(=O)C1=Cc1nc2ccccc2cc1C(=O)c1ccco1. The number of benzene rings is 3. The molecule has 3 heterocycles. The van der Waals surface area contributed by atoms with Crippen LogP contribution in [0.15, 0.2) is 113 Å². The monoisotopic (exact) mass is 545 g/mol. The first-order chi connectivity index (χ1) is 19.5. The highest BCUT2D eigenvalue weighted by atomic mass is 32.1. The Labute approximate surface area is 233 Å². The fourth-order valence-electron chi connectivity index (χ4n) is 4.28. The molecule has 9 heteroatoms. The Kier molecular flexibility index (Phi) is 6.47. The van der Waals surface area contributed by atoms with E-state index in [4.69, 9.17) is 21.4 Å². The lowest BCUT2D eigenvalue weighted by Gasteiger charge is -2.29. The number of para-hydroxylation sites is 2. The van der Waals surface area contributed by atoms with Gasteiger partial charge in [-0.25, -0.2) is 4.98 Å². The molecule has 6 rings (SSSR count). The maximum atomic E-state index is 13.6. The van der Waals surface area contributed by atoms with E-state index in [0.29, 0.717) is 22.7 Å². The topological polar surface area (TPSA) is 102 Å². The van der Waals surface area contributed by atoms with Crippen molar-refractivity contribution in [3.8, 4) is 11.5 Å². The molecule has 1 N–H and O–H groups in total. The second-order valence-electron chi connectivity index (χ2n) is 8.79. The van der Waals surface area contributed by atoms with Gasteiger partial charge >= 0.3 is 0 Å². The lowest BCUT2D eigenvalue weighted by atomic mass is 10.0. The van der Waals surface area contributed by atoms with Crippen molar-refractivity contribution >= 4 is 57.6 Å². The van der Waals surface area contributed by atoms with Crippen LogP contribution in [0.25, 0.3) is 17.0 Å². The fraction of sp³-hybridized carbons (Fsp3) is 0. The number of carbonyl (C=O) groups is 3. The molecule has 0 saturated carbocycles. The molecular formula is C31H19N3O5S. The summed E-state index contributed by atoms with van der Waals surface area (Å²) in [5.41, 5.74) is 1.13. The molecule has 3 aromatic carbocycles. The van der Waals surface area contributed by atoms with Gasteiger partial charge < -0.3 is 9.15 Å². The van der Waals surface area contributed by atoms with Crippen LogP contribution >= 0.6 is 12.2 Å². The van der Waals surface area contributed by atoms with Crippen LogP contribution < -0.4 is 15.0 Å². The van der Waals surface area contributed by atoms with Gasteiger partial charge in [-0.05, 0) is 79.0 Å². The van der Waals surface area contributed by atoms with Crippen LogP contribution in [0.1, 0.15) is 21.8 Å². The third-order valence-electron chi connectivity index (χ3n) is 6.20. The average Bonchev–Trinajstić information content (AvgIpc) is 3.51. The summed E-state index contributed by atoms with van der Waals surface area (Å²) in [5.74, 6) is -0.443. The molecule has 2 aromatic heterocycles. The summed E-state index contributed by atoms with van der Waals surface area (Å²) in [4.78, 5) is 45.7. The molecular weight excluding hydrogens is 526 g/mol. The normalized spacial score (nSPS) is 14.4. The van der Waals surface area contributed by atoms with Gasteiger partial charge in [0.25, 0.3) is 11.8 Å². The summed E-state index contributed by atoms with van der Waals surface area (Å²) in [6.45, 7) is 0. The average molecular weight is 546 g/mol. The number of anilines is 1. The van der Waals surface area contributed by atoms with E-state index in [0.717, 1.165) is 5.39 Å². The second kappa shape index (κ2) is 10.4. The molecule has 1 saturated heterocycles. The second-order valence-corrected chi connectivity index (χ2v) is 9.17. The van der Waals surface area contributed by atoms with Gasteiger partial charge in [0, 0.05) is 5.39 Å². The molecule has 1 aliphatic rings. The minimum Gasteiger partial charge on any atom is -0.461 e. The summed E-state index contributed by atoms with van der Waals surface area (Å²) in [7, 11) is 0. The standard InChI is InChI=1S/C31H19N3O5S/c35-28(27-11-6-16-38-27)23-17-19-7-4-5-10-25(19)32-26(23)18-24-29(36)33-31(40)34(30(24)37)20-12-14-22(15-13-20)39-21-8-2-1-3-9-21/h1-18H,(H,33,36,40). The van der Waals surface area contributed by atoms with E-state index in [2.05, 4.69) is 10.3 Å². The highest BCUT2D eigenvalue weighted by Gasteiger charge is 2.35. The maximum absolute atomic E-state index is 13.6. The lowest BCUT2D eigenvalue weighted by Crippen LogP contribution is -2.54. The molecule has 5 aromatic rings. The van der Waals surface area contributed by atoms with Gasteiger partial charge in [0.15, 0.2) is 10.9 Å². The number of aromatic nitrogens is 1. The maximum Gasteiger partial charge on any atom is 0.270 e. The highest BCUT2D eigenvalue weighted by Crippen LogP contribution is 2.28. The Balaban J connectivity index is 1.37. The molecule has 1 fully saturated rings. The molecule has 194 valence electrons. The highest BCUT2D eigenvalue weighted by molar-refractivity contribution is 7.80. The summed E-state index contributed by atoms with van der Waals surface area (Å²) in [5, 5.41) is 3.22. The Morgan fingerprint density at radius 3 is 2.38 bits per heavy atom. The number of furan rings is 1. The van der Waals surface area contributed by atoms with Crippen molar-refractivity contribution in [2.24, 2.45) is 0 Å². The number of fused-ring (bicyclic) bond motifs is 1. The first kappa shape index (κ1) is 24.9. The van der Waals surface area contributed by atoms with Crippen LogP contribution in [0, 0.1) is 0 Å². The molecule has 40 heavy (non-hydrogen) atoms. The molecule has 0 aliphatic carbocycles. The van der Waals surface area contributed by atoms with E-state index in [1.54, 1.807) is 42.5 Å². The molecule has 0 unspecified atom stereocenters. The van der Waals surface area contributed by atoms with Crippen LogP contribution in [0.3, 0.4) is 0 Å². The van der Waals surface area contributed by atoms with E-state index < -0.39 is 17.6 Å². The minimum atomic E-state index is -0.693. The number of rotatable bonds is 6. The van der Waals surface area contributed by atoms with Crippen molar-refractivity contribution in [1.29, 1.82) is 0 Å². The quantitative estimate of drug-likeness (QED) is 0.127. The number of thiocarbonyl (C=S) groups is 1. The van der Waals surface area contributed by atoms with E-state index in [-0.39, 0.29) is 27.7 Å². The summed E-state index contributed by atoms with van der Waals surface area (Å²) < 4.78 is 11.1. The van der Waals surface area contributed by atoms with Crippen LogP contribution in [-0.4, -0.2) is 27.7 Å². The number of ketones is 1. The first-order valence-electron chi connectivity index (χ1n) is 12.2. The number of amides is 2. The molecule has 0 radical (unpaired) electrons. The summed E-state index contributed by atoms with van der Waals surface area (Å²) in [6, 6.07) is 28.0. The Bertz CT molecular complexity index is 1810. The van der Waals surface area contributed by atoms with E-state index in [9.17, 15) is 14.4 Å². The van der Waals surface area contributed by atoms with Crippen LogP contribution in [0.5, 0.6) is 11.5 Å². The van der Waals surface area contributed by atoms with Crippen molar-refractivity contribution < 1.29 is 23.5 Å². The smallest absolute Gasteiger partial charge is 0.270 e. The van der Waals surface area contributed by atoms with Crippen molar-refractivity contribution in [3.05, 3.63) is 126 Å². The number of pyridine rings is 1. The number of nitrogens with zero attached hydrogens (tertiary/aromatic N) is 2. The van der Waals surface area contributed by atoms with E-state index in [1.165, 1.54) is 23.3 Å². The Morgan fingerprint density at radius 2 is 1.62 bits per heavy atom. The Morgan fingerprint density at radius 1 is 0.900 bits per heavy atom. The molecule has 2 amide bonds. The number of nitrogens with one attached hydrogen (secondary N) is 1. The molecule has 0 bridgehead atoms. The number of carbonyl (C=O) groups excluding carboxylic acids is 3. The van der Waals surface area contributed by atoms with Gasteiger partial charge in [0.1, 0.15) is 17.1 Å². The van der Waals surface area contributed by atoms with Crippen molar-refractivity contribution in [2.75, 3.05) is 4.90 Å². The first-order valence-corrected chi connectivity index (χ1v) is 12.6. The number of hydrogen-bond acceptors (Lipinski definition) is 7. The molecule has 1 aliphatic heterocycles. The molecule has 0 atom stereocenters. The summed E-state index contributed by atoms with van der Waals surface area (Å²) >= 11 is 5.34. The fourth-order valence-corrected chi connectivity index (χ4v) is 4.56. The predicted molar refractivity (Wildman–Crippen MR) is 153 cm³/mol. The number of hydrogen-bond donors (Lipinski definition) is 1. The summed E-state index contributed by atoms with van der Waals surface area (Å²) in [6.07, 6.45) is 2.70. The van der Waals surface area contributed by atoms with Gasteiger partial charge in [-0.15, -0.1) is 0 Å². The Hall–Kier alpha value is -5.41. The van der Waals surface area contributed by atoms with Crippen LogP contribution in [0.4, 0.5) is 5.69 Å². The van der Waals surface area contributed by atoms with Crippen molar-refractivity contribution in [1.82, 2.24) is 10.3 Å². The lowest BCUT2D eigenvalue weighted by molar-refractivity contribution is -0.122. The predicted octanol–water partition coefficient (Wildman–Crippen LogP) is 5.68. The van der Waals surface area contributed by atoms with Gasteiger partial charge in [0.2, 0.25) is 5.78 Å². The van der Waals surface area contributed by atoms with E-state index in [1.807, 2.05) is 48.5 Å². The zero-order valence-electron chi connectivity index (χ0n) is 20.7. The number of ether oxygens (including phenoxy) is 1. The zero-order valence-corrected chi connectivity index (χ0v) is 21.6. The molecule has 0 spiro atoms. The largest absolute Gasteiger partial charge is 0.461 e. The van der Waals surface area contributed by atoms with Crippen molar-refractivity contribution in [2.45, 2.75) is 0 Å². The van der Waals surface area contributed by atoms with Crippen LogP contribution in [-0.2, 0) is 9.59 Å². The minimum absolute atomic E-state index is 0.0674. The molecule has 8 nitrogen and oxygen atoms in total.